The molecule has 0 heterocycles. The van der Waals surface area contributed by atoms with Crippen molar-refractivity contribution in [3.8, 4) is 0 Å². The zero-order valence-corrected chi connectivity index (χ0v) is 34.8. The van der Waals surface area contributed by atoms with Crippen LogP contribution in [0.25, 0.3) is 0 Å². The maximum absolute atomic E-state index is 12.5. The molecule has 0 bridgehead atoms. The average molecular weight is 724 g/mol. The SMILES string of the molecule is CCCCCCCCCCCCCCCCCCCCCCCCCCC(O)C(CO)NC(=O)C(O)CCCCCCCCCCCCCCC. The maximum atomic E-state index is 12.5. The summed E-state index contributed by atoms with van der Waals surface area (Å²) in [5, 5.41) is 33.3. The van der Waals surface area contributed by atoms with Gasteiger partial charge in [-0.2, -0.15) is 0 Å². The Bertz CT molecular complexity index is 674. The summed E-state index contributed by atoms with van der Waals surface area (Å²) in [6.07, 6.45) is 48.3. The number of hydrogen-bond acceptors (Lipinski definition) is 4. The minimum absolute atomic E-state index is 0.308. The van der Waals surface area contributed by atoms with Crippen molar-refractivity contribution >= 4 is 5.91 Å². The van der Waals surface area contributed by atoms with Gasteiger partial charge in [0.15, 0.2) is 0 Å². The molecule has 3 unspecified atom stereocenters. The number of aliphatic hydroxyl groups is 3. The van der Waals surface area contributed by atoms with Gasteiger partial charge in [0.1, 0.15) is 6.10 Å². The molecule has 0 aromatic rings. The van der Waals surface area contributed by atoms with Crippen LogP contribution < -0.4 is 5.32 Å². The predicted octanol–water partition coefficient (Wildman–Crippen LogP) is 13.4. The van der Waals surface area contributed by atoms with Crippen molar-refractivity contribution < 1.29 is 20.1 Å². The second-order valence-electron chi connectivity index (χ2n) is 16.3. The van der Waals surface area contributed by atoms with E-state index in [-0.39, 0.29) is 6.61 Å². The van der Waals surface area contributed by atoms with Crippen LogP contribution >= 0.6 is 0 Å². The van der Waals surface area contributed by atoms with E-state index in [1.807, 2.05) is 0 Å². The summed E-state index contributed by atoms with van der Waals surface area (Å²) in [5.74, 6) is -0.466. The maximum Gasteiger partial charge on any atom is 0.249 e. The lowest BCUT2D eigenvalue weighted by Gasteiger charge is -2.23. The number of amides is 1. The second kappa shape index (κ2) is 42.1. The van der Waals surface area contributed by atoms with Gasteiger partial charge in [-0.15, -0.1) is 0 Å². The van der Waals surface area contributed by atoms with E-state index >= 15 is 0 Å². The third-order valence-corrected chi connectivity index (χ3v) is 11.2. The Morgan fingerprint density at radius 2 is 0.627 bits per heavy atom. The van der Waals surface area contributed by atoms with Crippen LogP contribution in [0.4, 0.5) is 0 Å². The quantitative estimate of drug-likeness (QED) is 0.0472. The van der Waals surface area contributed by atoms with E-state index in [9.17, 15) is 20.1 Å². The average Bonchev–Trinajstić information content (AvgIpc) is 3.13. The first-order valence-corrected chi connectivity index (χ1v) is 23.3. The Morgan fingerprint density at radius 3 is 0.882 bits per heavy atom. The van der Waals surface area contributed by atoms with Gasteiger partial charge in [0, 0.05) is 0 Å². The van der Waals surface area contributed by atoms with Crippen LogP contribution in [0.2, 0.25) is 0 Å². The Morgan fingerprint density at radius 1 is 0.392 bits per heavy atom. The first kappa shape index (κ1) is 50.4. The topological polar surface area (TPSA) is 89.8 Å². The van der Waals surface area contributed by atoms with Crippen LogP contribution in [0.3, 0.4) is 0 Å². The van der Waals surface area contributed by atoms with E-state index in [1.165, 1.54) is 205 Å². The fourth-order valence-corrected chi connectivity index (χ4v) is 7.55. The minimum atomic E-state index is -1.07. The fourth-order valence-electron chi connectivity index (χ4n) is 7.55. The third kappa shape index (κ3) is 37.5. The number of unbranched alkanes of at least 4 members (excludes halogenated alkanes) is 35. The minimum Gasteiger partial charge on any atom is -0.394 e. The van der Waals surface area contributed by atoms with E-state index in [1.54, 1.807) is 0 Å². The first-order chi connectivity index (χ1) is 25.1. The van der Waals surface area contributed by atoms with E-state index in [0.717, 1.165) is 32.1 Å². The molecule has 0 spiro atoms. The molecule has 0 aromatic heterocycles. The molecule has 0 radical (unpaired) electrons. The molecule has 0 saturated heterocycles. The van der Waals surface area contributed by atoms with E-state index in [2.05, 4.69) is 19.2 Å². The van der Waals surface area contributed by atoms with Crippen molar-refractivity contribution in [2.45, 2.75) is 283 Å². The summed E-state index contributed by atoms with van der Waals surface area (Å²) in [4.78, 5) is 12.5. The summed E-state index contributed by atoms with van der Waals surface area (Å²) in [5.41, 5.74) is 0. The lowest BCUT2D eigenvalue weighted by Crippen LogP contribution is -2.49. The Kier molecular flexibility index (Phi) is 41.6. The van der Waals surface area contributed by atoms with Crippen LogP contribution in [-0.2, 0) is 4.79 Å². The number of nitrogens with one attached hydrogen (secondary N) is 1. The molecule has 0 aliphatic carbocycles. The van der Waals surface area contributed by atoms with Gasteiger partial charge >= 0.3 is 0 Å². The van der Waals surface area contributed by atoms with Crippen molar-refractivity contribution in [3.63, 3.8) is 0 Å². The molecule has 0 saturated carbocycles. The molecule has 5 heteroatoms. The van der Waals surface area contributed by atoms with Gasteiger partial charge in [0.25, 0.3) is 0 Å². The van der Waals surface area contributed by atoms with Gasteiger partial charge in [-0.25, -0.2) is 0 Å². The monoisotopic (exact) mass is 724 g/mol. The molecule has 51 heavy (non-hydrogen) atoms. The zero-order chi connectivity index (χ0) is 37.3. The van der Waals surface area contributed by atoms with Crippen LogP contribution in [0.5, 0.6) is 0 Å². The molecule has 4 N–H and O–H groups in total. The smallest absolute Gasteiger partial charge is 0.249 e. The number of aliphatic hydroxyl groups excluding tert-OH is 3. The largest absolute Gasteiger partial charge is 0.394 e. The van der Waals surface area contributed by atoms with E-state index in [4.69, 9.17) is 0 Å². The van der Waals surface area contributed by atoms with Crippen molar-refractivity contribution in [2.75, 3.05) is 6.61 Å². The highest BCUT2D eigenvalue weighted by Crippen LogP contribution is 2.17. The van der Waals surface area contributed by atoms with Crippen molar-refractivity contribution in [2.24, 2.45) is 0 Å². The number of hydrogen-bond donors (Lipinski definition) is 4. The highest BCUT2D eigenvalue weighted by molar-refractivity contribution is 5.80. The number of rotatable bonds is 43. The molecule has 0 aromatic carbocycles. The molecule has 0 fully saturated rings. The van der Waals surface area contributed by atoms with E-state index < -0.39 is 24.2 Å². The van der Waals surface area contributed by atoms with E-state index in [0.29, 0.717) is 12.8 Å². The van der Waals surface area contributed by atoms with Gasteiger partial charge in [0.05, 0.1) is 18.8 Å². The third-order valence-electron chi connectivity index (χ3n) is 11.2. The lowest BCUT2D eigenvalue weighted by atomic mass is 10.0. The zero-order valence-electron chi connectivity index (χ0n) is 34.8. The first-order valence-electron chi connectivity index (χ1n) is 23.3. The Hall–Kier alpha value is -0.650. The molecule has 1 amide bonds. The number of carbonyl (C=O) groups is 1. The highest BCUT2D eigenvalue weighted by Gasteiger charge is 2.23. The van der Waals surface area contributed by atoms with Gasteiger partial charge < -0.3 is 20.6 Å². The van der Waals surface area contributed by atoms with Gasteiger partial charge in [-0.1, -0.05) is 251 Å². The normalized spacial score (nSPS) is 13.4. The molecule has 0 aliphatic rings. The van der Waals surface area contributed by atoms with Crippen molar-refractivity contribution in [1.82, 2.24) is 5.32 Å². The van der Waals surface area contributed by atoms with Crippen molar-refractivity contribution in [3.05, 3.63) is 0 Å². The molecule has 5 nitrogen and oxygen atoms in total. The molecule has 0 rings (SSSR count). The number of carbonyl (C=O) groups excluding carboxylic acids is 1. The summed E-state index contributed by atoms with van der Waals surface area (Å²) < 4.78 is 0. The molecule has 3 atom stereocenters. The molecular weight excluding hydrogens is 631 g/mol. The van der Waals surface area contributed by atoms with Crippen LogP contribution in [0.1, 0.15) is 264 Å². The fraction of sp³-hybridized carbons (Fsp3) is 0.978. The molecule has 0 aliphatic heterocycles. The molecule has 306 valence electrons. The second-order valence-corrected chi connectivity index (χ2v) is 16.3. The van der Waals surface area contributed by atoms with Crippen LogP contribution in [0.15, 0.2) is 0 Å². The van der Waals surface area contributed by atoms with Gasteiger partial charge in [0.2, 0.25) is 5.91 Å². The predicted molar refractivity (Wildman–Crippen MR) is 222 cm³/mol. The summed E-state index contributed by atoms with van der Waals surface area (Å²) >= 11 is 0. The summed E-state index contributed by atoms with van der Waals surface area (Å²) in [7, 11) is 0. The summed E-state index contributed by atoms with van der Waals surface area (Å²) in [6.45, 7) is 4.25. The Labute approximate surface area is 319 Å². The van der Waals surface area contributed by atoms with Crippen LogP contribution in [-0.4, -0.2) is 46.1 Å². The Balaban J connectivity index is 3.52. The highest BCUT2D eigenvalue weighted by atomic mass is 16.3. The summed E-state index contributed by atoms with van der Waals surface area (Å²) in [6, 6.07) is -0.705. The van der Waals surface area contributed by atoms with Crippen molar-refractivity contribution in [1.29, 1.82) is 0 Å². The standard InChI is InChI=1S/C46H93NO4/c1-3-5-7-9-11-13-15-17-18-19-20-21-22-23-24-25-26-27-29-30-32-34-36-38-40-44(49)43(42-48)47-46(51)45(50)41-39-37-35-33-31-28-16-14-12-10-8-6-4-2/h43-45,48-50H,3-42H2,1-2H3,(H,47,51). The van der Waals surface area contributed by atoms with Crippen LogP contribution in [0, 0.1) is 0 Å². The van der Waals surface area contributed by atoms with Gasteiger partial charge in [-0.05, 0) is 12.8 Å². The van der Waals surface area contributed by atoms with Gasteiger partial charge in [-0.3, -0.25) is 4.79 Å². The lowest BCUT2D eigenvalue weighted by molar-refractivity contribution is -0.131. The molecular formula is C46H93NO4.